The fourth-order valence-corrected chi connectivity index (χ4v) is 2.58. The molecule has 0 saturated carbocycles. The summed E-state index contributed by atoms with van der Waals surface area (Å²) in [6.07, 6.45) is 16.0. The van der Waals surface area contributed by atoms with Crippen LogP contribution in [0.4, 0.5) is 0 Å². The monoisotopic (exact) mass is 277 g/mol. The zero-order valence-corrected chi connectivity index (χ0v) is 13.3. The van der Waals surface area contributed by atoms with Gasteiger partial charge in [-0.1, -0.05) is 70.8 Å². The number of hydrogen-bond donors (Lipinski definition) is 1. The number of aryl methyl sites for hydroxylation is 1. The highest BCUT2D eigenvalue weighted by molar-refractivity contribution is 5.18. The van der Waals surface area contributed by atoms with Gasteiger partial charge in [0, 0.05) is 12.4 Å². The van der Waals surface area contributed by atoms with E-state index in [1.807, 2.05) is 19.2 Å². The smallest absolute Gasteiger partial charge is 0.0805 e. The van der Waals surface area contributed by atoms with Gasteiger partial charge in [0.2, 0.25) is 0 Å². The Balaban J connectivity index is 2.01. The lowest BCUT2D eigenvalue weighted by atomic mass is 10.0. The molecular formula is C18H31NO. The first-order chi connectivity index (χ1) is 9.74. The van der Waals surface area contributed by atoms with Crippen LogP contribution in [0.3, 0.4) is 0 Å². The van der Waals surface area contributed by atoms with Crippen molar-refractivity contribution in [3.05, 3.63) is 29.6 Å². The van der Waals surface area contributed by atoms with E-state index in [2.05, 4.69) is 11.9 Å². The summed E-state index contributed by atoms with van der Waals surface area (Å²) in [6, 6.07) is 2.03. The number of rotatable bonds is 11. The first-order valence-electron chi connectivity index (χ1n) is 8.33. The third-order valence-corrected chi connectivity index (χ3v) is 3.86. The van der Waals surface area contributed by atoms with Crippen molar-refractivity contribution in [1.82, 2.24) is 4.98 Å². The average Bonchev–Trinajstić information content (AvgIpc) is 2.45. The van der Waals surface area contributed by atoms with E-state index < -0.39 is 0 Å². The first-order valence-corrected chi connectivity index (χ1v) is 8.33. The Morgan fingerprint density at radius 1 is 0.950 bits per heavy atom. The maximum absolute atomic E-state index is 10.1. The van der Waals surface area contributed by atoms with Gasteiger partial charge in [-0.15, -0.1) is 0 Å². The third kappa shape index (κ3) is 7.64. The normalized spacial score (nSPS) is 12.6. The molecule has 1 aromatic rings. The summed E-state index contributed by atoms with van der Waals surface area (Å²) in [7, 11) is 0. The standard InChI is InChI=1S/C18H31NO/c1-3-4-5-6-7-8-9-10-11-12-18(20)17-13-16(2)14-19-15-17/h13-15,18,20H,3-12H2,1-2H3. The van der Waals surface area contributed by atoms with Crippen molar-refractivity contribution < 1.29 is 5.11 Å². The van der Waals surface area contributed by atoms with Crippen molar-refractivity contribution in [1.29, 1.82) is 0 Å². The molecule has 0 radical (unpaired) electrons. The van der Waals surface area contributed by atoms with Crippen molar-refractivity contribution in [2.24, 2.45) is 0 Å². The topological polar surface area (TPSA) is 33.1 Å². The van der Waals surface area contributed by atoms with Crippen molar-refractivity contribution in [3.63, 3.8) is 0 Å². The molecule has 114 valence electrons. The molecule has 1 N–H and O–H groups in total. The zero-order chi connectivity index (χ0) is 14.6. The van der Waals surface area contributed by atoms with Crippen molar-refractivity contribution >= 4 is 0 Å². The van der Waals surface area contributed by atoms with Crippen LogP contribution in [0.2, 0.25) is 0 Å². The molecule has 0 aliphatic carbocycles. The zero-order valence-electron chi connectivity index (χ0n) is 13.3. The number of aliphatic hydroxyl groups excluding tert-OH is 1. The van der Waals surface area contributed by atoms with Gasteiger partial charge in [-0.05, 0) is 24.5 Å². The minimum absolute atomic E-state index is 0.341. The lowest BCUT2D eigenvalue weighted by Gasteiger charge is -2.11. The molecule has 0 amide bonds. The van der Waals surface area contributed by atoms with E-state index in [0.717, 1.165) is 24.0 Å². The minimum atomic E-state index is -0.341. The predicted octanol–water partition coefficient (Wildman–Crippen LogP) is 5.34. The molecule has 1 heterocycles. The largest absolute Gasteiger partial charge is 0.388 e. The van der Waals surface area contributed by atoms with Crippen LogP contribution >= 0.6 is 0 Å². The Labute approximate surface area is 124 Å². The Morgan fingerprint density at radius 2 is 1.55 bits per heavy atom. The van der Waals surface area contributed by atoms with Gasteiger partial charge < -0.3 is 5.11 Å². The van der Waals surface area contributed by atoms with Crippen LogP contribution in [0.5, 0.6) is 0 Å². The van der Waals surface area contributed by atoms with Crippen LogP contribution in [0.1, 0.15) is 88.4 Å². The lowest BCUT2D eigenvalue weighted by molar-refractivity contribution is 0.163. The van der Waals surface area contributed by atoms with Gasteiger partial charge in [-0.25, -0.2) is 0 Å². The van der Waals surface area contributed by atoms with Gasteiger partial charge in [0.25, 0.3) is 0 Å². The van der Waals surface area contributed by atoms with Gasteiger partial charge in [0.05, 0.1) is 6.10 Å². The van der Waals surface area contributed by atoms with Crippen LogP contribution in [0.15, 0.2) is 18.5 Å². The Bertz CT molecular complexity index is 351. The van der Waals surface area contributed by atoms with E-state index in [1.54, 1.807) is 6.20 Å². The molecule has 0 aromatic carbocycles. The fraction of sp³-hybridized carbons (Fsp3) is 0.722. The van der Waals surface area contributed by atoms with Gasteiger partial charge >= 0.3 is 0 Å². The molecule has 1 aromatic heterocycles. The molecule has 0 aliphatic heterocycles. The van der Waals surface area contributed by atoms with Crippen LogP contribution < -0.4 is 0 Å². The molecule has 0 spiro atoms. The Hall–Kier alpha value is -0.890. The van der Waals surface area contributed by atoms with Gasteiger partial charge in [0.15, 0.2) is 0 Å². The summed E-state index contributed by atoms with van der Waals surface area (Å²) in [6.45, 7) is 4.27. The van der Waals surface area contributed by atoms with E-state index in [-0.39, 0.29) is 6.10 Å². The lowest BCUT2D eigenvalue weighted by Crippen LogP contribution is -1.98. The summed E-state index contributed by atoms with van der Waals surface area (Å²) in [5.41, 5.74) is 2.08. The minimum Gasteiger partial charge on any atom is -0.388 e. The summed E-state index contributed by atoms with van der Waals surface area (Å²) in [5, 5.41) is 10.1. The number of hydrogen-bond acceptors (Lipinski definition) is 2. The molecule has 2 nitrogen and oxygen atoms in total. The molecule has 1 rings (SSSR count). The molecule has 0 saturated heterocycles. The number of unbranched alkanes of at least 4 members (excludes halogenated alkanes) is 8. The SMILES string of the molecule is CCCCCCCCCCCC(O)c1cncc(C)c1. The Kier molecular flexibility index (Phi) is 9.31. The van der Waals surface area contributed by atoms with Crippen molar-refractivity contribution in [2.45, 2.75) is 84.2 Å². The summed E-state index contributed by atoms with van der Waals surface area (Å²) < 4.78 is 0. The maximum atomic E-state index is 10.1. The van der Waals surface area contributed by atoms with Crippen LogP contribution in [0.25, 0.3) is 0 Å². The van der Waals surface area contributed by atoms with Crippen molar-refractivity contribution in [3.8, 4) is 0 Å². The highest BCUT2D eigenvalue weighted by atomic mass is 16.3. The summed E-state index contributed by atoms with van der Waals surface area (Å²) >= 11 is 0. The van der Waals surface area contributed by atoms with Crippen molar-refractivity contribution in [2.75, 3.05) is 0 Å². The predicted molar refractivity (Wildman–Crippen MR) is 85.8 cm³/mol. The third-order valence-electron chi connectivity index (χ3n) is 3.86. The molecule has 0 fully saturated rings. The van der Waals surface area contributed by atoms with E-state index >= 15 is 0 Å². The summed E-state index contributed by atoms with van der Waals surface area (Å²) in [4.78, 5) is 4.14. The molecule has 2 heteroatoms. The Morgan fingerprint density at radius 3 is 2.15 bits per heavy atom. The quantitative estimate of drug-likeness (QED) is 0.553. The van der Waals surface area contributed by atoms with E-state index in [4.69, 9.17) is 0 Å². The number of aromatic nitrogens is 1. The second kappa shape index (κ2) is 10.8. The number of nitrogens with zero attached hydrogens (tertiary/aromatic N) is 1. The van der Waals surface area contributed by atoms with Crippen LogP contribution in [-0.4, -0.2) is 10.1 Å². The average molecular weight is 277 g/mol. The molecular weight excluding hydrogens is 246 g/mol. The van der Waals surface area contributed by atoms with Crippen LogP contribution in [-0.2, 0) is 0 Å². The number of aliphatic hydroxyl groups is 1. The highest BCUT2D eigenvalue weighted by Gasteiger charge is 2.07. The fourth-order valence-electron chi connectivity index (χ4n) is 2.58. The second-order valence-electron chi connectivity index (χ2n) is 5.93. The second-order valence-corrected chi connectivity index (χ2v) is 5.93. The van der Waals surface area contributed by atoms with E-state index in [0.29, 0.717) is 0 Å². The molecule has 0 aliphatic rings. The first kappa shape index (κ1) is 17.2. The molecule has 0 bridgehead atoms. The van der Waals surface area contributed by atoms with Gasteiger partial charge in [0.1, 0.15) is 0 Å². The molecule has 1 unspecified atom stereocenters. The maximum Gasteiger partial charge on any atom is 0.0805 e. The molecule has 20 heavy (non-hydrogen) atoms. The van der Waals surface area contributed by atoms with Gasteiger partial charge in [-0.3, -0.25) is 4.98 Å². The van der Waals surface area contributed by atoms with E-state index in [9.17, 15) is 5.11 Å². The van der Waals surface area contributed by atoms with Crippen LogP contribution in [0, 0.1) is 6.92 Å². The highest BCUT2D eigenvalue weighted by Crippen LogP contribution is 2.20. The number of pyridine rings is 1. The van der Waals surface area contributed by atoms with Gasteiger partial charge in [-0.2, -0.15) is 0 Å². The van der Waals surface area contributed by atoms with E-state index in [1.165, 1.54) is 51.4 Å². The summed E-state index contributed by atoms with van der Waals surface area (Å²) in [5.74, 6) is 0. The molecule has 1 atom stereocenters.